The lowest BCUT2D eigenvalue weighted by atomic mass is 10.0. The smallest absolute Gasteiger partial charge is 0.126 e. The quantitative estimate of drug-likeness (QED) is 0.638. The van der Waals surface area contributed by atoms with Crippen molar-refractivity contribution in [2.45, 2.75) is 59.3 Å². The summed E-state index contributed by atoms with van der Waals surface area (Å²) in [7, 11) is 0. The van der Waals surface area contributed by atoms with Crippen molar-refractivity contribution in [1.82, 2.24) is 4.98 Å². The highest BCUT2D eigenvalue weighted by atomic mass is 19.1. The van der Waals surface area contributed by atoms with Crippen LogP contribution in [0.1, 0.15) is 55.0 Å². The molecule has 1 aromatic carbocycles. The predicted molar refractivity (Wildman–Crippen MR) is 124 cm³/mol. The van der Waals surface area contributed by atoms with E-state index in [9.17, 15) is 4.39 Å². The van der Waals surface area contributed by atoms with E-state index >= 15 is 0 Å². The molecule has 0 radical (unpaired) electrons. The predicted octanol–water partition coefficient (Wildman–Crippen LogP) is 5.75. The van der Waals surface area contributed by atoms with Crippen LogP contribution in [0.15, 0.2) is 61.6 Å². The molecule has 0 saturated heterocycles. The van der Waals surface area contributed by atoms with Crippen molar-refractivity contribution in [3.63, 3.8) is 0 Å². The number of nitrogens with two attached hydrogens (primary N) is 2. The van der Waals surface area contributed by atoms with E-state index < -0.39 is 0 Å². The number of benzene rings is 1. The average Bonchev–Trinajstić information content (AvgIpc) is 3.49. The van der Waals surface area contributed by atoms with Gasteiger partial charge in [0.25, 0.3) is 0 Å². The van der Waals surface area contributed by atoms with Crippen LogP contribution in [-0.2, 0) is 12.8 Å². The molecule has 0 aliphatic heterocycles. The van der Waals surface area contributed by atoms with Gasteiger partial charge in [-0.1, -0.05) is 31.4 Å². The molecule has 2 aliphatic rings. The molecule has 1 heterocycles. The van der Waals surface area contributed by atoms with Crippen LogP contribution < -0.4 is 11.5 Å². The van der Waals surface area contributed by atoms with E-state index in [0.29, 0.717) is 16.5 Å². The highest BCUT2D eigenvalue weighted by Crippen LogP contribution is 2.89. The minimum Gasteiger partial charge on any atom is -0.405 e. The zero-order valence-corrected chi connectivity index (χ0v) is 18.7. The fraction of sp³-hybridized carbons (Fsp3) is 0.423. The van der Waals surface area contributed by atoms with Gasteiger partial charge in [-0.05, 0) is 111 Å². The third-order valence-corrected chi connectivity index (χ3v) is 6.19. The zero-order chi connectivity index (χ0) is 22.4. The molecule has 4 rings (SSSR count). The molecule has 30 heavy (non-hydrogen) atoms. The van der Waals surface area contributed by atoms with Gasteiger partial charge in [-0.2, -0.15) is 0 Å². The molecule has 1 aromatic heterocycles. The average molecular weight is 410 g/mol. The van der Waals surface area contributed by atoms with E-state index in [4.69, 9.17) is 5.73 Å². The maximum Gasteiger partial charge on any atom is 0.126 e. The molecule has 2 fully saturated rings. The number of hydrogen-bond acceptors (Lipinski definition) is 3. The largest absolute Gasteiger partial charge is 0.405 e. The molecule has 4 N–H and O–H groups in total. The zero-order valence-electron chi connectivity index (χ0n) is 18.7. The lowest BCUT2D eigenvalue weighted by Gasteiger charge is -2.04. The lowest BCUT2D eigenvalue weighted by molar-refractivity contribution is 0.568. The van der Waals surface area contributed by atoms with E-state index in [1.165, 1.54) is 43.1 Å². The highest BCUT2D eigenvalue weighted by Gasteiger charge is 2.80. The Morgan fingerprint density at radius 3 is 2.20 bits per heavy atom. The minimum absolute atomic E-state index is 0.0664. The second-order valence-electron chi connectivity index (χ2n) is 8.91. The lowest BCUT2D eigenvalue weighted by Crippen LogP contribution is -1.95. The van der Waals surface area contributed by atoms with Crippen LogP contribution in [0.3, 0.4) is 0 Å². The monoisotopic (exact) mass is 409 g/mol. The van der Waals surface area contributed by atoms with E-state index in [2.05, 4.69) is 49.0 Å². The van der Waals surface area contributed by atoms with Crippen molar-refractivity contribution in [2.24, 2.45) is 22.3 Å². The van der Waals surface area contributed by atoms with Gasteiger partial charge in [0.2, 0.25) is 0 Å². The summed E-state index contributed by atoms with van der Waals surface area (Å²) in [6.07, 6.45) is 10.6. The third-order valence-electron chi connectivity index (χ3n) is 6.19. The Hall–Kier alpha value is -2.62. The molecule has 0 unspecified atom stereocenters. The molecular weight excluding hydrogens is 373 g/mol. The molecule has 0 spiro atoms. The van der Waals surface area contributed by atoms with Crippen LogP contribution in [0.5, 0.6) is 0 Å². The Morgan fingerprint density at radius 1 is 1.13 bits per heavy atom. The molecule has 162 valence electrons. The van der Waals surface area contributed by atoms with Gasteiger partial charge in [0.15, 0.2) is 0 Å². The highest BCUT2D eigenvalue weighted by molar-refractivity contribution is 5.32. The number of aromatic nitrogens is 1. The van der Waals surface area contributed by atoms with Gasteiger partial charge < -0.3 is 11.5 Å². The van der Waals surface area contributed by atoms with Crippen molar-refractivity contribution >= 4 is 0 Å². The second kappa shape index (κ2) is 9.92. The number of hydrogen-bond donors (Lipinski definition) is 2. The SMILES string of the molecule is C=C(C)N.C=CN.Cc1ccc(CCC23CC2(CCc2ccc(C)c(F)c2)C3)nc1. The number of halogens is 1. The maximum atomic E-state index is 13.6. The number of fused-ring (bicyclic) bond motifs is 1. The van der Waals surface area contributed by atoms with Crippen molar-refractivity contribution in [3.05, 3.63) is 89.8 Å². The molecule has 0 atom stereocenters. The van der Waals surface area contributed by atoms with Crippen molar-refractivity contribution in [3.8, 4) is 0 Å². The second-order valence-corrected chi connectivity index (χ2v) is 8.91. The fourth-order valence-electron chi connectivity index (χ4n) is 4.23. The molecular formula is C26H36FN3. The van der Waals surface area contributed by atoms with Gasteiger partial charge in [0.05, 0.1) is 0 Å². The summed E-state index contributed by atoms with van der Waals surface area (Å²) in [5, 5.41) is 0. The molecule has 4 heteroatoms. The number of nitrogens with zero attached hydrogens (tertiary/aromatic N) is 1. The van der Waals surface area contributed by atoms with Gasteiger partial charge in [-0.3, -0.25) is 4.98 Å². The number of allylic oxidation sites excluding steroid dienone is 1. The summed E-state index contributed by atoms with van der Waals surface area (Å²) in [6.45, 7) is 12.1. The van der Waals surface area contributed by atoms with E-state index in [0.717, 1.165) is 24.0 Å². The number of rotatable bonds is 6. The summed E-state index contributed by atoms with van der Waals surface area (Å²) in [6, 6.07) is 10.0. The van der Waals surface area contributed by atoms with Crippen LogP contribution in [-0.4, -0.2) is 4.98 Å². The molecule has 2 aliphatic carbocycles. The Balaban J connectivity index is 0.000000403. The van der Waals surface area contributed by atoms with Crippen molar-refractivity contribution in [2.75, 3.05) is 0 Å². The Morgan fingerprint density at radius 2 is 1.70 bits per heavy atom. The summed E-state index contributed by atoms with van der Waals surface area (Å²) >= 11 is 0. The molecule has 2 aromatic rings. The molecule has 3 nitrogen and oxygen atoms in total. The van der Waals surface area contributed by atoms with Crippen LogP contribution in [0.4, 0.5) is 4.39 Å². The molecule has 2 saturated carbocycles. The minimum atomic E-state index is -0.0664. The van der Waals surface area contributed by atoms with Gasteiger partial charge >= 0.3 is 0 Å². The van der Waals surface area contributed by atoms with Gasteiger partial charge in [-0.25, -0.2) is 4.39 Å². The first-order valence-corrected chi connectivity index (χ1v) is 10.6. The van der Waals surface area contributed by atoms with E-state index in [1.54, 1.807) is 13.0 Å². The van der Waals surface area contributed by atoms with Gasteiger partial charge in [-0.15, -0.1) is 0 Å². The van der Waals surface area contributed by atoms with Crippen LogP contribution in [0.25, 0.3) is 0 Å². The van der Waals surface area contributed by atoms with Crippen LogP contribution in [0.2, 0.25) is 0 Å². The third kappa shape index (κ3) is 6.19. The Bertz CT molecular complexity index is 860. The Labute approximate surface area is 181 Å². The summed E-state index contributed by atoms with van der Waals surface area (Å²) in [5.41, 5.74) is 15.7. The maximum absolute atomic E-state index is 13.6. The van der Waals surface area contributed by atoms with Gasteiger partial charge in [0, 0.05) is 11.9 Å². The fourth-order valence-corrected chi connectivity index (χ4v) is 4.23. The topological polar surface area (TPSA) is 64.9 Å². The van der Waals surface area contributed by atoms with E-state index in [1.807, 2.05) is 19.2 Å². The first kappa shape index (κ1) is 23.7. The molecule has 0 bridgehead atoms. The summed E-state index contributed by atoms with van der Waals surface area (Å²) < 4.78 is 13.6. The van der Waals surface area contributed by atoms with Crippen LogP contribution >= 0.6 is 0 Å². The Kier molecular flexibility index (Phi) is 7.83. The molecule has 0 amide bonds. The number of aryl methyl sites for hydroxylation is 4. The van der Waals surface area contributed by atoms with E-state index in [-0.39, 0.29) is 5.82 Å². The van der Waals surface area contributed by atoms with Crippen molar-refractivity contribution in [1.29, 1.82) is 0 Å². The number of pyridine rings is 1. The van der Waals surface area contributed by atoms with Crippen LogP contribution in [0, 0.1) is 30.5 Å². The first-order valence-electron chi connectivity index (χ1n) is 10.6. The summed E-state index contributed by atoms with van der Waals surface area (Å²) in [5.74, 6) is -0.0664. The first-order chi connectivity index (χ1) is 14.2. The standard InChI is InChI=1S/C21H24FN.C3H7N.C2H5N/c1-15-3-6-18(23-12-15)8-10-21-13-20(21,14-21)9-7-17-5-4-16(2)19(22)11-17;1-3(2)4;1-2-3/h3-6,11-12H,7-10,13-14H2,1-2H3;1,4H2,2H3;2H,1,3H2. The van der Waals surface area contributed by atoms with Crippen molar-refractivity contribution < 1.29 is 4.39 Å². The van der Waals surface area contributed by atoms with Gasteiger partial charge in [0.1, 0.15) is 5.82 Å². The normalized spacial score (nSPS) is 22.4. The summed E-state index contributed by atoms with van der Waals surface area (Å²) in [4.78, 5) is 4.52.